The zero-order valence-corrected chi connectivity index (χ0v) is 15.5. The number of nitro groups is 1. The van der Waals surface area contributed by atoms with Crippen LogP contribution >= 0.6 is 15.9 Å². The van der Waals surface area contributed by atoms with Crippen LogP contribution in [-0.2, 0) is 0 Å². The van der Waals surface area contributed by atoms with Gasteiger partial charge >= 0.3 is 0 Å². The molecule has 0 N–H and O–H groups in total. The van der Waals surface area contributed by atoms with Crippen molar-refractivity contribution >= 4 is 38.6 Å². The molecule has 0 aliphatic rings. The average molecular weight is 422 g/mol. The van der Waals surface area contributed by atoms with Gasteiger partial charge in [0.1, 0.15) is 5.82 Å². The third-order valence-corrected chi connectivity index (χ3v) is 4.90. The lowest BCUT2D eigenvalue weighted by Crippen LogP contribution is -2.14. The summed E-state index contributed by atoms with van der Waals surface area (Å²) in [6.45, 7) is 0. The standard InChI is InChI=1S/C20H12BrN3O3/c21-16-6-2-1-5-15(16)20(25)23-18-8-4-3-7-17(18)22-19(23)13-9-11-14(12-10-13)24(26)27/h1-12H. The molecule has 4 rings (SSSR count). The van der Waals surface area contributed by atoms with Gasteiger partial charge in [0.05, 0.1) is 21.5 Å². The molecule has 0 saturated heterocycles. The van der Waals surface area contributed by atoms with E-state index in [9.17, 15) is 14.9 Å². The first-order valence-electron chi connectivity index (χ1n) is 8.08. The number of nitro benzene ring substituents is 1. The van der Waals surface area contributed by atoms with Crippen LogP contribution in [0.5, 0.6) is 0 Å². The number of hydrogen-bond acceptors (Lipinski definition) is 4. The van der Waals surface area contributed by atoms with Crippen LogP contribution in [0.3, 0.4) is 0 Å². The Balaban J connectivity index is 1.94. The normalized spacial score (nSPS) is 10.9. The van der Waals surface area contributed by atoms with Gasteiger partial charge in [0.2, 0.25) is 0 Å². The molecule has 0 spiro atoms. The van der Waals surface area contributed by atoms with Crippen LogP contribution in [0, 0.1) is 10.1 Å². The first-order chi connectivity index (χ1) is 13.1. The third kappa shape index (κ3) is 3.02. The van der Waals surface area contributed by atoms with Gasteiger partial charge in [0.15, 0.2) is 0 Å². The van der Waals surface area contributed by atoms with E-state index in [1.165, 1.54) is 16.7 Å². The van der Waals surface area contributed by atoms with E-state index in [1.54, 1.807) is 30.3 Å². The van der Waals surface area contributed by atoms with Crippen LogP contribution < -0.4 is 0 Å². The van der Waals surface area contributed by atoms with Gasteiger partial charge in [-0.1, -0.05) is 24.3 Å². The Morgan fingerprint density at radius 2 is 1.63 bits per heavy atom. The summed E-state index contributed by atoms with van der Waals surface area (Å²) in [5.41, 5.74) is 2.46. The van der Waals surface area contributed by atoms with Crippen molar-refractivity contribution in [2.45, 2.75) is 0 Å². The molecule has 1 aromatic heterocycles. The van der Waals surface area contributed by atoms with Crippen molar-refractivity contribution < 1.29 is 9.72 Å². The van der Waals surface area contributed by atoms with Crippen LogP contribution in [0.1, 0.15) is 10.4 Å². The SMILES string of the molecule is O=C(c1ccccc1Br)n1c(-c2ccc([N+](=O)[O-])cc2)nc2ccccc21. The molecule has 1 heterocycles. The van der Waals surface area contributed by atoms with Gasteiger partial charge in [0, 0.05) is 22.2 Å². The summed E-state index contributed by atoms with van der Waals surface area (Å²) in [6, 6.07) is 20.5. The molecule has 0 unspecified atom stereocenters. The number of fused-ring (bicyclic) bond motifs is 1. The number of non-ortho nitro benzene ring substituents is 1. The molecule has 0 aliphatic carbocycles. The van der Waals surface area contributed by atoms with E-state index in [0.29, 0.717) is 32.5 Å². The molecular weight excluding hydrogens is 410 g/mol. The predicted octanol–water partition coefficient (Wildman–Crippen LogP) is 5.06. The molecule has 0 saturated carbocycles. The zero-order valence-electron chi connectivity index (χ0n) is 13.9. The summed E-state index contributed by atoms with van der Waals surface area (Å²) in [5.74, 6) is 0.205. The van der Waals surface area contributed by atoms with Crippen LogP contribution in [0.15, 0.2) is 77.3 Å². The van der Waals surface area contributed by atoms with Crippen molar-refractivity contribution in [3.63, 3.8) is 0 Å². The Morgan fingerprint density at radius 3 is 2.33 bits per heavy atom. The first kappa shape index (κ1) is 17.1. The van der Waals surface area contributed by atoms with Gasteiger partial charge in [0.25, 0.3) is 11.6 Å². The average Bonchev–Trinajstić information content (AvgIpc) is 3.07. The van der Waals surface area contributed by atoms with E-state index in [0.717, 1.165) is 0 Å². The summed E-state index contributed by atoms with van der Waals surface area (Å²) in [7, 11) is 0. The molecular formula is C20H12BrN3O3. The fourth-order valence-electron chi connectivity index (χ4n) is 2.91. The minimum absolute atomic E-state index is 0.0152. The minimum atomic E-state index is -0.459. The van der Waals surface area contributed by atoms with E-state index in [-0.39, 0.29) is 11.6 Å². The molecule has 0 bridgehead atoms. The third-order valence-electron chi connectivity index (χ3n) is 4.20. The Morgan fingerprint density at radius 1 is 0.963 bits per heavy atom. The second kappa shape index (κ2) is 6.77. The van der Waals surface area contributed by atoms with Crippen LogP contribution in [0.4, 0.5) is 5.69 Å². The maximum absolute atomic E-state index is 13.3. The smallest absolute Gasteiger partial charge is 0.268 e. The summed E-state index contributed by atoms with van der Waals surface area (Å²) in [4.78, 5) is 28.3. The number of aromatic nitrogens is 2. The Hall–Kier alpha value is -3.32. The maximum atomic E-state index is 13.3. The van der Waals surface area contributed by atoms with Gasteiger partial charge in [-0.25, -0.2) is 4.98 Å². The van der Waals surface area contributed by atoms with E-state index in [4.69, 9.17) is 0 Å². The molecule has 0 aliphatic heterocycles. The van der Waals surface area contributed by atoms with Crippen molar-refractivity contribution in [3.8, 4) is 11.4 Å². The second-order valence-corrected chi connectivity index (χ2v) is 6.70. The molecule has 0 atom stereocenters. The number of halogens is 1. The van der Waals surface area contributed by atoms with E-state index >= 15 is 0 Å². The Labute approximate surface area is 162 Å². The molecule has 0 radical (unpaired) electrons. The lowest BCUT2D eigenvalue weighted by Gasteiger charge is -2.09. The van der Waals surface area contributed by atoms with Crippen molar-refractivity contribution in [3.05, 3.63) is 92.9 Å². The number of para-hydroxylation sites is 2. The lowest BCUT2D eigenvalue weighted by atomic mass is 10.1. The highest BCUT2D eigenvalue weighted by molar-refractivity contribution is 9.10. The Kier molecular flexibility index (Phi) is 4.29. The van der Waals surface area contributed by atoms with E-state index in [2.05, 4.69) is 20.9 Å². The highest BCUT2D eigenvalue weighted by Gasteiger charge is 2.21. The highest BCUT2D eigenvalue weighted by Crippen LogP contribution is 2.28. The molecule has 6 nitrogen and oxygen atoms in total. The largest absolute Gasteiger partial charge is 0.269 e. The molecule has 0 fully saturated rings. The van der Waals surface area contributed by atoms with Gasteiger partial charge in [-0.3, -0.25) is 19.5 Å². The number of benzene rings is 3. The van der Waals surface area contributed by atoms with Gasteiger partial charge in [-0.2, -0.15) is 0 Å². The van der Waals surface area contributed by atoms with Crippen LogP contribution in [0.25, 0.3) is 22.4 Å². The number of nitrogens with zero attached hydrogens (tertiary/aromatic N) is 3. The summed E-state index contributed by atoms with van der Waals surface area (Å²) < 4.78 is 2.22. The Bertz CT molecular complexity index is 1180. The van der Waals surface area contributed by atoms with E-state index < -0.39 is 4.92 Å². The fourth-order valence-corrected chi connectivity index (χ4v) is 3.37. The van der Waals surface area contributed by atoms with Crippen molar-refractivity contribution in [2.24, 2.45) is 0 Å². The topological polar surface area (TPSA) is 78.0 Å². The minimum Gasteiger partial charge on any atom is -0.268 e. The quantitative estimate of drug-likeness (QED) is 0.342. The lowest BCUT2D eigenvalue weighted by molar-refractivity contribution is -0.384. The first-order valence-corrected chi connectivity index (χ1v) is 8.87. The van der Waals surface area contributed by atoms with Crippen molar-refractivity contribution in [1.29, 1.82) is 0 Å². The summed E-state index contributed by atoms with van der Waals surface area (Å²) >= 11 is 3.42. The van der Waals surface area contributed by atoms with Gasteiger partial charge < -0.3 is 0 Å². The highest BCUT2D eigenvalue weighted by atomic mass is 79.9. The molecule has 132 valence electrons. The van der Waals surface area contributed by atoms with E-state index in [1.807, 2.05) is 30.3 Å². The van der Waals surface area contributed by atoms with Gasteiger partial charge in [-0.05, 0) is 52.3 Å². The second-order valence-electron chi connectivity index (χ2n) is 5.85. The van der Waals surface area contributed by atoms with Gasteiger partial charge in [-0.15, -0.1) is 0 Å². The summed E-state index contributed by atoms with van der Waals surface area (Å²) in [6.07, 6.45) is 0. The predicted molar refractivity (Wildman–Crippen MR) is 106 cm³/mol. The molecule has 4 aromatic rings. The maximum Gasteiger partial charge on any atom is 0.269 e. The van der Waals surface area contributed by atoms with Crippen molar-refractivity contribution in [1.82, 2.24) is 9.55 Å². The molecule has 3 aromatic carbocycles. The van der Waals surface area contributed by atoms with Crippen LogP contribution in [-0.4, -0.2) is 20.4 Å². The molecule has 27 heavy (non-hydrogen) atoms. The van der Waals surface area contributed by atoms with Crippen molar-refractivity contribution in [2.75, 3.05) is 0 Å². The number of carbonyl (C=O) groups is 1. The number of hydrogen-bond donors (Lipinski definition) is 0. The number of rotatable bonds is 3. The summed E-state index contributed by atoms with van der Waals surface area (Å²) in [5, 5.41) is 10.9. The number of imidazole rings is 1. The molecule has 0 amide bonds. The monoisotopic (exact) mass is 421 g/mol. The molecule has 7 heteroatoms. The zero-order chi connectivity index (χ0) is 19.0. The number of carbonyl (C=O) groups excluding carboxylic acids is 1. The fraction of sp³-hybridized carbons (Fsp3) is 0. The van der Waals surface area contributed by atoms with Crippen LogP contribution in [0.2, 0.25) is 0 Å².